The van der Waals surface area contributed by atoms with Crippen LogP contribution in [-0.2, 0) is 0 Å². The Kier molecular flexibility index (Phi) is 7.04. The van der Waals surface area contributed by atoms with E-state index < -0.39 is 18.3 Å². The van der Waals surface area contributed by atoms with Gasteiger partial charge in [-0.1, -0.05) is 13.8 Å². The summed E-state index contributed by atoms with van der Waals surface area (Å²) in [5.74, 6) is 0. The minimum absolute atomic E-state index is 0.182. The van der Waals surface area contributed by atoms with Gasteiger partial charge in [0, 0.05) is 6.54 Å². The topological polar surface area (TPSA) is 35.5 Å². The van der Waals surface area contributed by atoms with Crippen LogP contribution in [0, 0.1) is 0 Å². The Balaban J connectivity index is 4.50. The molecule has 0 saturated heterocycles. The molecule has 2 N–H and O–H groups in total. The van der Waals surface area contributed by atoms with Gasteiger partial charge in [0.15, 0.2) is 0 Å². The van der Waals surface area contributed by atoms with Crippen LogP contribution in [0.15, 0.2) is 0 Å². The molecule has 0 aromatic carbocycles. The maximum atomic E-state index is 12.4. The minimum Gasteiger partial charge on any atom is -0.394 e. The Morgan fingerprint density at radius 3 is 2.12 bits per heavy atom. The highest BCUT2D eigenvalue weighted by Crippen LogP contribution is 2.18. The second kappa shape index (κ2) is 7.18. The van der Waals surface area contributed by atoms with Crippen LogP contribution in [0.2, 0.25) is 0 Å². The monoisotopic (exact) mass is 256 g/mol. The fourth-order valence-corrected chi connectivity index (χ4v) is 1.87. The number of hydrogen-bond donors (Lipinski definition) is 2. The molecule has 6 heteroatoms. The lowest BCUT2D eigenvalue weighted by Crippen LogP contribution is -2.55. The summed E-state index contributed by atoms with van der Waals surface area (Å²) in [5.41, 5.74) is -0.685. The molecule has 0 aliphatic rings. The van der Waals surface area contributed by atoms with Crippen molar-refractivity contribution < 1.29 is 18.3 Å². The summed E-state index contributed by atoms with van der Waals surface area (Å²) in [6.45, 7) is 5.50. The zero-order valence-corrected chi connectivity index (χ0v) is 10.8. The van der Waals surface area contributed by atoms with Crippen molar-refractivity contribution in [3.8, 4) is 0 Å². The predicted octanol–water partition coefficient (Wildman–Crippen LogP) is 1.62. The van der Waals surface area contributed by atoms with Crippen molar-refractivity contribution in [3.63, 3.8) is 0 Å². The third kappa shape index (κ3) is 7.57. The molecule has 1 atom stereocenters. The largest absolute Gasteiger partial charge is 0.401 e. The Hall–Kier alpha value is -0.330. The zero-order chi connectivity index (χ0) is 13.5. The van der Waals surface area contributed by atoms with Gasteiger partial charge in [-0.15, -0.1) is 0 Å². The summed E-state index contributed by atoms with van der Waals surface area (Å²) in [5, 5.41) is 12.3. The lowest BCUT2D eigenvalue weighted by molar-refractivity contribution is -0.148. The van der Waals surface area contributed by atoms with Crippen LogP contribution in [-0.4, -0.2) is 54.5 Å². The quantitative estimate of drug-likeness (QED) is 0.693. The van der Waals surface area contributed by atoms with E-state index in [2.05, 4.69) is 5.32 Å². The zero-order valence-electron chi connectivity index (χ0n) is 10.8. The van der Waals surface area contributed by atoms with Crippen LogP contribution in [0.5, 0.6) is 0 Å². The first-order chi connectivity index (χ1) is 7.76. The number of alkyl halides is 3. The molecule has 0 radical (unpaired) electrons. The average Bonchev–Trinajstić information content (AvgIpc) is 2.15. The van der Waals surface area contributed by atoms with Crippen LogP contribution in [0.1, 0.15) is 27.2 Å². The van der Waals surface area contributed by atoms with Crippen LogP contribution < -0.4 is 5.32 Å². The van der Waals surface area contributed by atoms with Gasteiger partial charge in [0.2, 0.25) is 0 Å². The number of halogens is 3. The summed E-state index contributed by atoms with van der Waals surface area (Å²) in [4.78, 5) is 1.33. The van der Waals surface area contributed by atoms with Gasteiger partial charge < -0.3 is 10.4 Å². The Bertz CT molecular complexity index is 211. The van der Waals surface area contributed by atoms with Crippen LogP contribution in [0.4, 0.5) is 13.2 Å². The summed E-state index contributed by atoms with van der Waals surface area (Å²) >= 11 is 0. The van der Waals surface area contributed by atoms with Gasteiger partial charge >= 0.3 is 6.18 Å². The van der Waals surface area contributed by atoms with Crippen molar-refractivity contribution in [2.24, 2.45) is 0 Å². The molecule has 104 valence electrons. The van der Waals surface area contributed by atoms with Crippen molar-refractivity contribution in [3.05, 3.63) is 0 Å². The molecule has 0 saturated carbocycles. The first kappa shape index (κ1) is 16.7. The van der Waals surface area contributed by atoms with E-state index in [0.717, 1.165) is 0 Å². The second-order valence-electron chi connectivity index (χ2n) is 4.57. The number of nitrogens with zero attached hydrogens (tertiary/aromatic N) is 1. The van der Waals surface area contributed by atoms with Crippen molar-refractivity contribution in [1.82, 2.24) is 10.2 Å². The molecule has 17 heavy (non-hydrogen) atoms. The van der Waals surface area contributed by atoms with Gasteiger partial charge in [-0.25, -0.2) is 0 Å². The standard InChI is InChI=1S/C11H23F3N2O/c1-4-6-16(8-11(12,13)14)7-10(3,9-17)15-5-2/h15,17H,4-9H2,1-3H3. The first-order valence-corrected chi connectivity index (χ1v) is 5.91. The molecule has 0 heterocycles. The van der Waals surface area contributed by atoms with Crippen molar-refractivity contribution in [1.29, 1.82) is 0 Å². The molecule has 3 nitrogen and oxygen atoms in total. The van der Waals surface area contributed by atoms with Crippen LogP contribution in [0.25, 0.3) is 0 Å². The summed E-state index contributed by atoms with van der Waals surface area (Å²) in [6.07, 6.45) is -3.54. The normalized spacial score (nSPS) is 16.2. The van der Waals surface area contributed by atoms with Gasteiger partial charge in [0.05, 0.1) is 18.7 Å². The van der Waals surface area contributed by atoms with E-state index in [4.69, 9.17) is 0 Å². The first-order valence-electron chi connectivity index (χ1n) is 5.91. The molecule has 0 aromatic heterocycles. The molecule has 1 unspecified atom stereocenters. The maximum Gasteiger partial charge on any atom is 0.401 e. The number of aliphatic hydroxyl groups excluding tert-OH is 1. The van der Waals surface area contributed by atoms with E-state index in [1.165, 1.54) is 4.90 Å². The number of nitrogens with one attached hydrogen (secondary N) is 1. The lowest BCUT2D eigenvalue weighted by atomic mass is 10.0. The molecular weight excluding hydrogens is 233 g/mol. The van der Waals surface area contributed by atoms with Gasteiger partial charge in [-0.3, -0.25) is 4.90 Å². The molecule has 0 amide bonds. The lowest BCUT2D eigenvalue weighted by Gasteiger charge is -2.35. The SMILES string of the molecule is CCCN(CC(F)(F)F)CC(C)(CO)NCC. The highest BCUT2D eigenvalue weighted by atomic mass is 19.4. The highest BCUT2D eigenvalue weighted by molar-refractivity contribution is 4.86. The predicted molar refractivity (Wildman–Crippen MR) is 62.0 cm³/mol. The van der Waals surface area contributed by atoms with Crippen LogP contribution in [0.3, 0.4) is 0 Å². The molecular formula is C11H23F3N2O. The molecule has 0 aromatic rings. The number of hydrogen-bond acceptors (Lipinski definition) is 3. The molecule has 0 spiro atoms. The number of likely N-dealkylation sites (N-methyl/N-ethyl adjacent to an activating group) is 1. The third-order valence-corrected chi connectivity index (χ3v) is 2.47. The van der Waals surface area contributed by atoms with E-state index in [0.29, 0.717) is 19.5 Å². The maximum absolute atomic E-state index is 12.4. The van der Waals surface area contributed by atoms with E-state index in [9.17, 15) is 18.3 Å². The summed E-state index contributed by atoms with van der Waals surface area (Å²) < 4.78 is 37.1. The Morgan fingerprint density at radius 2 is 1.76 bits per heavy atom. The van der Waals surface area contributed by atoms with Gasteiger partial charge in [0.25, 0.3) is 0 Å². The molecule has 0 rings (SSSR count). The number of aliphatic hydroxyl groups is 1. The van der Waals surface area contributed by atoms with E-state index >= 15 is 0 Å². The van der Waals surface area contributed by atoms with Crippen LogP contribution >= 0.6 is 0 Å². The van der Waals surface area contributed by atoms with Crippen molar-refractivity contribution >= 4 is 0 Å². The van der Waals surface area contributed by atoms with Gasteiger partial charge in [-0.05, 0) is 26.4 Å². The van der Waals surface area contributed by atoms with E-state index in [-0.39, 0.29) is 13.2 Å². The fraction of sp³-hybridized carbons (Fsp3) is 1.00. The van der Waals surface area contributed by atoms with Crippen molar-refractivity contribution in [2.45, 2.75) is 38.9 Å². The minimum atomic E-state index is -4.20. The average molecular weight is 256 g/mol. The molecule has 0 fully saturated rings. The second-order valence-corrected chi connectivity index (χ2v) is 4.57. The number of rotatable bonds is 8. The van der Waals surface area contributed by atoms with E-state index in [1.807, 2.05) is 13.8 Å². The Morgan fingerprint density at radius 1 is 1.18 bits per heavy atom. The van der Waals surface area contributed by atoms with E-state index in [1.54, 1.807) is 6.92 Å². The third-order valence-electron chi connectivity index (χ3n) is 2.47. The fourth-order valence-electron chi connectivity index (χ4n) is 1.87. The van der Waals surface area contributed by atoms with Gasteiger partial charge in [0.1, 0.15) is 0 Å². The molecule has 0 bridgehead atoms. The van der Waals surface area contributed by atoms with Crippen molar-refractivity contribution in [2.75, 3.05) is 32.8 Å². The summed E-state index contributed by atoms with van der Waals surface area (Å²) in [6, 6.07) is 0. The van der Waals surface area contributed by atoms with Gasteiger partial charge in [-0.2, -0.15) is 13.2 Å². The smallest absolute Gasteiger partial charge is 0.394 e. The molecule has 0 aliphatic heterocycles. The summed E-state index contributed by atoms with van der Waals surface area (Å²) in [7, 11) is 0. The highest BCUT2D eigenvalue weighted by Gasteiger charge is 2.33. The molecule has 0 aliphatic carbocycles. The Labute approximate surface area is 101 Å².